The highest BCUT2D eigenvalue weighted by atomic mass is 32.1. The van der Waals surface area contributed by atoms with Crippen molar-refractivity contribution < 1.29 is 15.0 Å². The van der Waals surface area contributed by atoms with E-state index in [-0.39, 0.29) is 6.10 Å². The van der Waals surface area contributed by atoms with E-state index >= 15 is 0 Å². The second-order valence-corrected chi connectivity index (χ2v) is 5.46. The normalized spacial score (nSPS) is 24.1. The van der Waals surface area contributed by atoms with Crippen LogP contribution in [-0.2, 0) is 6.54 Å². The number of hydrogen-bond donors (Lipinski definition) is 3. The molecule has 1 aliphatic rings. The largest absolute Gasteiger partial charge is 0.477 e. The molecule has 0 aliphatic heterocycles. The number of carbonyl (C=O) groups is 1. The Morgan fingerprint density at radius 3 is 3.00 bits per heavy atom. The second kappa shape index (κ2) is 5.62. The maximum Gasteiger partial charge on any atom is 0.346 e. The third-order valence-corrected chi connectivity index (χ3v) is 4.15. The zero-order chi connectivity index (χ0) is 12.3. The van der Waals surface area contributed by atoms with E-state index in [1.807, 2.05) is 6.07 Å². The van der Waals surface area contributed by atoms with Gasteiger partial charge in [-0.2, -0.15) is 0 Å². The first-order chi connectivity index (χ1) is 8.16. The summed E-state index contributed by atoms with van der Waals surface area (Å²) < 4.78 is 0. The quantitative estimate of drug-likeness (QED) is 0.749. The molecular weight excluding hydrogens is 238 g/mol. The van der Waals surface area contributed by atoms with Gasteiger partial charge in [0.2, 0.25) is 0 Å². The van der Waals surface area contributed by atoms with Gasteiger partial charge in [-0.3, -0.25) is 0 Å². The van der Waals surface area contributed by atoms with E-state index in [2.05, 4.69) is 5.32 Å². The number of aromatic carboxylic acids is 1. The van der Waals surface area contributed by atoms with Gasteiger partial charge in [-0.1, -0.05) is 0 Å². The number of thiophene rings is 1. The highest BCUT2D eigenvalue weighted by Gasteiger charge is 2.22. The van der Waals surface area contributed by atoms with Crippen LogP contribution in [0.5, 0.6) is 0 Å². The van der Waals surface area contributed by atoms with Crippen LogP contribution in [-0.4, -0.2) is 28.8 Å². The first-order valence-electron chi connectivity index (χ1n) is 5.85. The van der Waals surface area contributed by atoms with Crippen LogP contribution in [0.3, 0.4) is 0 Å². The number of nitrogens with one attached hydrogen (secondary N) is 1. The summed E-state index contributed by atoms with van der Waals surface area (Å²) in [6.07, 6.45) is 2.68. The monoisotopic (exact) mass is 255 g/mol. The Balaban J connectivity index is 1.78. The molecule has 0 aromatic carbocycles. The first-order valence-corrected chi connectivity index (χ1v) is 6.73. The number of carboxylic acids is 1. The molecule has 17 heavy (non-hydrogen) atoms. The molecule has 0 amide bonds. The molecule has 0 saturated heterocycles. The molecule has 0 radical (unpaired) electrons. The van der Waals surface area contributed by atoms with Crippen LogP contribution in [0.15, 0.2) is 11.4 Å². The number of hydrogen-bond acceptors (Lipinski definition) is 4. The maximum atomic E-state index is 10.9. The molecule has 1 aliphatic carbocycles. The summed E-state index contributed by atoms with van der Waals surface area (Å²) in [6.45, 7) is 1.45. The topological polar surface area (TPSA) is 69.6 Å². The smallest absolute Gasteiger partial charge is 0.346 e. The van der Waals surface area contributed by atoms with Crippen molar-refractivity contribution in [2.45, 2.75) is 31.9 Å². The predicted molar refractivity (Wildman–Crippen MR) is 66.3 cm³/mol. The fourth-order valence-corrected chi connectivity index (χ4v) is 3.07. The standard InChI is InChI=1S/C12H17NO3S/c14-10-2-1-8(5-10)6-13-7-9-3-4-17-11(9)12(15)16/h3-4,8,10,13-14H,1-2,5-7H2,(H,15,16). The van der Waals surface area contributed by atoms with Gasteiger partial charge in [0.15, 0.2) is 0 Å². The molecule has 0 bridgehead atoms. The molecule has 94 valence electrons. The second-order valence-electron chi connectivity index (χ2n) is 4.54. The zero-order valence-electron chi connectivity index (χ0n) is 9.56. The van der Waals surface area contributed by atoms with Crippen LogP contribution in [0, 0.1) is 5.92 Å². The minimum Gasteiger partial charge on any atom is -0.477 e. The molecule has 3 N–H and O–H groups in total. The van der Waals surface area contributed by atoms with Crippen molar-refractivity contribution in [3.63, 3.8) is 0 Å². The van der Waals surface area contributed by atoms with Crippen LogP contribution in [0.25, 0.3) is 0 Å². The number of aliphatic hydroxyl groups excluding tert-OH is 1. The lowest BCUT2D eigenvalue weighted by Crippen LogP contribution is -2.22. The van der Waals surface area contributed by atoms with Crippen molar-refractivity contribution in [3.05, 3.63) is 21.9 Å². The van der Waals surface area contributed by atoms with Crippen molar-refractivity contribution >= 4 is 17.3 Å². The maximum absolute atomic E-state index is 10.9. The average Bonchev–Trinajstić information content (AvgIpc) is 2.87. The van der Waals surface area contributed by atoms with E-state index in [1.165, 1.54) is 11.3 Å². The lowest BCUT2D eigenvalue weighted by molar-refractivity contribution is 0.0701. The van der Waals surface area contributed by atoms with Gasteiger partial charge in [-0.25, -0.2) is 4.79 Å². The minimum atomic E-state index is -0.854. The fourth-order valence-electron chi connectivity index (χ4n) is 2.31. The molecule has 0 spiro atoms. The summed E-state index contributed by atoms with van der Waals surface area (Å²) in [5.74, 6) is -0.329. The highest BCUT2D eigenvalue weighted by molar-refractivity contribution is 7.12. The van der Waals surface area contributed by atoms with E-state index in [1.54, 1.807) is 5.38 Å². The summed E-state index contributed by atoms with van der Waals surface area (Å²) in [7, 11) is 0. The van der Waals surface area contributed by atoms with Gasteiger partial charge in [0.05, 0.1) is 6.10 Å². The van der Waals surface area contributed by atoms with E-state index in [0.29, 0.717) is 17.3 Å². The Morgan fingerprint density at radius 1 is 1.53 bits per heavy atom. The lowest BCUT2D eigenvalue weighted by Gasteiger charge is -2.10. The van der Waals surface area contributed by atoms with Gasteiger partial charge in [0.1, 0.15) is 4.88 Å². The molecule has 5 heteroatoms. The Labute approximate surface area is 104 Å². The molecular formula is C12H17NO3S. The molecule has 1 fully saturated rings. The zero-order valence-corrected chi connectivity index (χ0v) is 10.4. The van der Waals surface area contributed by atoms with Crippen LogP contribution in [0.4, 0.5) is 0 Å². The van der Waals surface area contributed by atoms with E-state index in [4.69, 9.17) is 5.11 Å². The van der Waals surface area contributed by atoms with Gasteiger partial charge in [-0.15, -0.1) is 11.3 Å². The van der Waals surface area contributed by atoms with E-state index in [9.17, 15) is 9.90 Å². The fraction of sp³-hybridized carbons (Fsp3) is 0.583. The first kappa shape index (κ1) is 12.5. The number of carboxylic acid groups (broad SMARTS) is 1. The van der Waals surface area contributed by atoms with Crippen molar-refractivity contribution in [2.24, 2.45) is 5.92 Å². The summed E-state index contributed by atoms with van der Waals surface area (Å²) >= 11 is 1.26. The molecule has 1 aromatic rings. The Hall–Kier alpha value is -0.910. The third-order valence-electron chi connectivity index (χ3n) is 3.20. The van der Waals surface area contributed by atoms with Crippen LogP contribution in [0.2, 0.25) is 0 Å². The molecule has 1 saturated carbocycles. The SMILES string of the molecule is O=C(O)c1sccc1CNCC1CCC(O)C1. The summed E-state index contributed by atoms with van der Waals surface area (Å²) in [4.78, 5) is 11.3. The van der Waals surface area contributed by atoms with E-state index < -0.39 is 5.97 Å². The Kier molecular flexibility index (Phi) is 4.15. The molecule has 1 aromatic heterocycles. The lowest BCUT2D eigenvalue weighted by atomic mass is 10.1. The molecule has 4 nitrogen and oxygen atoms in total. The van der Waals surface area contributed by atoms with Gasteiger partial charge < -0.3 is 15.5 Å². The third kappa shape index (κ3) is 3.28. The molecule has 1 heterocycles. The molecule has 2 unspecified atom stereocenters. The van der Waals surface area contributed by atoms with Gasteiger partial charge >= 0.3 is 5.97 Å². The van der Waals surface area contributed by atoms with Crippen molar-refractivity contribution in [3.8, 4) is 0 Å². The van der Waals surface area contributed by atoms with Gasteiger partial charge in [0.25, 0.3) is 0 Å². The van der Waals surface area contributed by atoms with Crippen LogP contribution >= 0.6 is 11.3 Å². The number of rotatable bonds is 5. The predicted octanol–water partition coefficient (Wildman–Crippen LogP) is 1.70. The van der Waals surface area contributed by atoms with Crippen molar-refractivity contribution in [1.82, 2.24) is 5.32 Å². The number of aliphatic hydroxyl groups is 1. The van der Waals surface area contributed by atoms with E-state index in [0.717, 1.165) is 31.4 Å². The molecule has 2 atom stereocenters. The Morgan fingerprint density at radius 2 is 2.35 bits per heavy atom. The van der Waals surface area contributed by atoms with Crippen LogP contribution < -0.4 is 5.32 Å². The summed E-state index contributed by atoms with van der Waals surface area (Å²) in [6, 6.07) is 1.85. The molecule has 2 rings (SSSR count). The summed E-state index contributed by atoms with van der Waals surface area (Å²) in [5, 5.41) is 23.4. The summed E-state index contributed by atoms with van der Waals surface area (Å²) in [5.41, 5.74) is 0.848. The van der Waals surface area contributed by atoms with Gasteiger partial charge in [-0.05, 0) is 48.7 Å². The Bertz CT molecular complexity index is 391. The average molecular weight is 255 g/mol. The van der Waals surface area contributed by atoms with Gasteiger partial charge in [0, 0.05) is 6.54 Å². The van der Waals surface area contributed by atoms with Crippen LogP contribution in [0.1, 0.15) is 34.5 Å². The highest BCUT2D eigenvalue weighted by Crippen LogP contribution is 2.24. The van der Waals surface area contributed by atoms with Crippen molar-refractivity contribution in [1.29, 1.82) is 0 Å². The minimum absolute atomic E-state index is 0.141. The van der Waals surface area contributed by atoms with Crippen molar-refractivity contribution in [2.75, 3.05) is 6.54 Å².